The summed E-state index contributed by atoms with van der Waals surface area (Å²) in [6.07, 6.45) is 1.95. The lowest BCUT2D eigenvalue weighted by Gasteiger charge is -2.23. The van der Waals surface area contributed by atoms with Crippen LogP contribution in [0.4, 0.5) is 4.39 Å². The predicted molar refractivity (Wildman–Crippen MR) is 64.2 cm³/mol. The lowest BCUT2D eigenvalue weighted by molar-refractivity contribution is 0.0741. The summed E-state index contributed by atoms with van der Waals surface area (Å²) in [7, 11) is 0. The maximum atomic E-state index is 13.1. The van der Waals surface area contributed by atoms with E-state index in [4.69, 9.17) is 5.73 Å². The van der Waals surface area contributed by atoms with Gasteiger partial charge in [0, 0.05) is 24.7 Å². The van der Waals surface area contributed by atoms with Crippen LogP contribution in [0.15, 0.2) is 18.2 Å². The monoisotopic (exact) mass is 236 g/mol. The second-order valence-corrected chi connectivity index (χ2v) is 4.49. The summed E-state index contributed by atoms with van der Waals surface area (Å²) in [4.78, 5) is 14.0. The summed E-state index contributed by atoms with van der Waals surface area (Å²) < 4.78 is 13.1. The summed E-state index contributed by atoms with van der Waals surface area (Å²) in [5, 5.41) is 0. The Kier molecular flexibility index (Phi) is 3.43. The van der Waals surface area contributed by atoms with Crippen molar-refractivity contribution in [2.24, 2.45) is 5.73 Å². The van der Waals surface area contributed by atoms with Crippen molar-refractivity contribution in [3.8, 4) is 0 Å². The van der Waals surface area contributed by atoms with Gasteiger partial charge in [-0.05, 0) is 43.5 Å². The molecule has 17 heavy (non-hydrogen) atoms. The summed E-state index contributed by atoms with van der Waals surface area (Å²) in [5.74, 6) is -0.320. The smallest absolute Gasteiger partial charge is 0.254 e. The third kappa shape index (κ3) is 2.31. The zero-order valence-electron chi connectivity index (χ0n) is 9.95. The highest BCUT2D eigenvalue weighted by atomic mass is 19.1. The van der Waals surface area contributed by atoms with E-state index in [2.05, 4.69) is 0 Å². The van der Waals surface area contributed by atoms with E-state index >= 15 is 0 Å². The van der Waals surface area contributed by atoms with Gasteiger partial charge < -0.3 is 10.6 Å². The SMILES string of the molecule is Cc1cc(C(=O)N2CCCC2CN)ccc1F. The third-order valence-corrected chi connectivity index (χ3v) is 3.31. The molecule has 0 radical (unpaired) electrons. The van der Waals surface area contributed by atoms with Gasteiger partial charge in [0.1, 0.15) is 5.82 Å². The average molecular weight is 236 g/mol. The van der Waals surface area contributed by atoms with Gasteiger partial charge >= 0.3 is 0 Å². The van der Waals surface area contributed by atoms with Crippen molar-refractivity contribution in [1.29, 1.82) is 0 Å². The molecule has 2 rings (SSSR count). The highest BCUT2D eigenvalue weighted by Crippen LogP contribution is 2.20. The molecule has 1 aliphatic heterocycles. The molecule has 1 unspecified atom stereocenters. The zero-order chi connectivity index (χ0) is 12.4. The number of rotatable bonds is 2. The lowest BCUT2D eigenvalue weighted by atomic mass is 10.1. The number of halogens is 1. The van der Waals surface area contributed by atoms with Crippen molar-refractivity contribution in [2.75, 3.05) is 13.1 Å². The van der Waals surface area contributed by atoms with Crippen LogP contribution in [0.2, 0.25) is 0 Å². The number of carbonyl (C=O) groups excluding carboxylic acids is 1. The van der Waals surface area contributed by atoms with Crippen LogP contribution in [-0.4, -0.2) is 29.9 Å². The largest absolute Gasteiger partial charge is 0.334 e. The Balaban J connectivity index is 2.21. The van der Waals surface area contributed by atoms with Gasteiger partial charge in [-0.15, -0.1) is 0 Å². The lowest BCUT2D eigenvalue weighted by Crippen LogP contribution is -2.39. The maximum Gasteiger partial charge on any atom is 0.254 e. The molecule has 1 aliphatic rings. The number of amides is 1. The predicted octanol–water partition coefficient (Wildman–Crippen LogP) is 1.70. The fraction of sp³-hybridized carbons (Fsp3) is 0.462. The first kappa shape index (κ1) is 12.0. The molecule has 1 fully saturated rings. The number of nitrogens with two attached hydrogens (primary N) is 1. The molecule has 1 atom stereocenters. The molecule has 1 amide bonds. The van der Waals surface area contributed by atoms with Gasteiger partial charge in [-0.25, -0.2) is 4.39 Å². The first-order valence-electron chi connectivity index (χ1n) is 5.90. The summed E-state index contributed by atoms with van der Waals surface area (Å²) in [5.41, 5.74) is 6.69. The molecule has 0 bridgehead atoms. The number of aryl methyl sites for hydroxylation is 1. The molecule has 1 aromatic rings. The molecule has 0 aliphatic carbocycles. The summed E-state index contributed by atoms with van der Waals surface area (Å²) in [6, 6.07) is 4.61. The van der Waals surface area contributed by atoms with E-state index in [0.29, 0.717) is 17.7 Å². The molecule has 0 spiro atoms. The number of hydrogen-bond acceptors (Lipinski definition) is 2. The molecule has 4 heteroatoms. The van der Waals surface area contributed by atoms with Crippen LogP contribution in [-0.2, 0) is 0 Å². The molecular formula is C13H17FN2O. The van der Waals surface area contributed by atoms with Crippen LogP contribution in [0.1, 0.15) is 28.8 Å². The molecule has 0 saturated carbocycles. The van der Waals surface area contributed by atoms with Crippen LogP contribution in [0.25, 0.3) is 0 Å². The minimum absolute atomic E-state index is 0.0407. The van der Waals surface area contributed by atoms with Crippen molar-refractivity contribution in [1.82, 2.24) is 4.90 Å². The van der Waals surface area contributed by atoms with E-state index in [1.165, 1.54) is 12.1 Å². The highest BCUT2D eigenvalue weighted by Gasteiger charge is 2.28. The van der Waals surface area contributed by atoms with Crippen molar-refractivity contribution in [3.05, 3.63) is 35.1 Å². The zero-order valence-corrected chi connectivity index (χ0v) is 9.95. The van der Waals surface area contributed by atoms with Gasteiger partial charge in [0.2, 0.25) is 0 Å². The minimum Gasteiger partial charge on any atom is -0.334 e. The van der Waals surface area contributed by atoms with Crippen LogP contribution >= 0.6 is 0 Å². The van der Waals surface area contributed by atoms with Crippen LogP contribution in [0.5, 0.6) is 0 Å². The molecule has 92 valence electrons. The van der Waals surface area contributed by atoms with Gasteiger partial charge in [0.15, 0.2) is 0 Å². The number of benzene rings is 1. The molecule has 1 aromatic carbocycles. The van der Waals surface area contributed by atoms with Gasteiger partial charge in [0.25, 0.3) is 5.91 Å². The maximum absolute atomic E-state index is 13.1. The van der Waals surface area contributed by atoms with E-state index < -0.39 is 0 Å². The molecule has 3 nitrogen and oxygen atoms in total. The second-order valence-electron chi connectivity index (χ2n) is 4.49. The average Bonchev–Trinajstić information content (AvgIpc) is 2.80. The molecule has 1 heterocycles. The normalized spacial score (nSPS) is 19.7. The third-order valence-electron chi connectivity index (χ3n) is 3.31. The van der Waals surface area contributed by atoms with Gasteiger partial charge in [-0.1, -0.05) is 0 Å². The standard InChI is InChI=1S/C13H17FN2O/c1-9-7-10(4-5-12(9)14)13(17)16-6-2-3-11(16)8-15/h4-5,7,11H,2-3,6,8,15H2,1H3. The van der Waals surface area contributed by atoms with Crippen LogP contribution in [0.3, 0.4) is 0 Å². The molecule has 1 saturated heterocycles. The van der Waals surface area contributed by atoms with Gasteiger partial charge in [-0.3, -0.25) is 4.79 Å². The Labute approximate surface area is 100 Å². The van der Waals surface area contributed by atoms with Crippen LogP contribution in [0, 0.1) is 12.7 Å². The number of carbonyl (C=O) groups is 1. The van der Waals surface area contributed by atoms with Crippen molar-refractivity contribution in [3.63, 3.8) is 0 Å². The van der Waals surface area contributed by atoms with Gasteiger partial charge in [-0.2, -0.15) is 0 Å². The van der Waals surface area contributed by atoms with E-state index in [1.807, 2.05) is 0 Å². The Hall–Kier alpha value is -1.42. The van der Waals surface area contributed by atoms with Crippen LogP contribution < -0.4 is 5.73 Å². The second kappa shape index (κ2) is 4.84. The van der Waals surface area contributed by atoms with Crippen molar-refractivity contribution < 1.29 is 9.18 Å². The fourth-order valence-corrected chi connectivity index (χ4v) is 2.29. The first-order valence-corrected chi connectivity index (χ1v) is 5.90. The van der Waals surface area contributed by atoms with E-state index in [1.54, 1.807) is 17.9 Å². The first-order chi connectivity index (χ1) is 8.13. The summed E-state index contributed by atoms with van der Waals surface area (Å²) >= 11 is 0. The fourth-order valence-electron chi connectivity index (χ4n) is 2.29. The van der Waals surface area contributed by atoms with Gasteiger partial charge in [0.05, 0.1) is 0 Å². The number of nitrogens with zero attached hydrogens (tertiary/aromatic N) is 1. The quantitative estimate of drug-likeness (QED) is 0.849. The molecule has 2 N–H and O–H groups in total. The van der Waals surface area contributed by atoms with Crippen molar-refractivity contribution >= 4 is 5.91 Å². The Bertz CT molecular complexity index is 433. The summed E-state index contributed by atoms with van der Waals surface area (Å²) in [6.45, 7) is 2.90. The Morgan fingerprint density at radius 3 is 3.00 bits per heavy atom. The Morgan fingerprint density at radius 1 is 1.59 bits per heavy atom. The molecule has 0 aromatic heterocycles. The minimum atomic E-state index is -0.279. The Morgan fingerprint density at radius 2 is 2.35 bits per heavy atom. The van der Waals surface area contributed by atoms with E-state index in [0.717, 1.165) is 19.4 Å². The number of hydrogen-bond donors (Lipinski definition) is 1. The number of likely N-dealkylation sites (tertiary alicyclic amines) is 1. The van der Waals surface area contributed by atoms with E-state index in [9.17, 15) is 9.18 Å². The van der Waals surface area contributed by atoms with Crippen molar-refractivity contribution in [2.45, 2.75) is 25.8 Å². The highest BCUT2D eigenvalue weighted by molar-refractivity contribution is 5.94. The molecular weight excluding hydrogens is 219 g/mol. The van der Waals surface area contributed by atoms with E-state index in [-0.39, 0.29) is 17.8 Å². The topological polar surface area (TPSA) is 46.3 Å².